The highest BCUT2D eigenvalue weighted by atomic mass is 19.1. The summed E-state index contributed by atoms with van der Waals surface area (Å²) in [4.78, 5) is 16.1. The third kappa shape index (κ3) is 5.64. The molecular formula is C17H22FN3O3. The van der Waals surface area contributed by atoms with Gasteiger partial charge in [0.05, 0.1) is 6.04 Å². The third-order valence-electron chi connectivity index (χ3n) is 3.29. The highest BCUT2D eigenvalue weighted by Gasteiger charge is 2.13. The zero-order chi connectivity index (χ0) is 17.5. The fourth-order valence-corrected chi connectivity index (χ4v) is 1.97. The Morgan fingerprint density at radius 2 is 2.00 bits per heavy atom. The molecule has 0 radical (unpaired) electrons. The van der Waals surface area contributed by atoms with E-state index in [-0.39, 0.29) is 30.1 Å². The first-order chi connectivity index (χ1) is 11.4. The van der Waals surface area contributed by atoms with Gasteiger partial charge in [-0.2, -0.15) is 4.98 Å². The zero-order valence-electron chi connectivity index (χ0n) is 14.1. The minimum Gasteiger partial charge on any atom is -0.491 e. The summed E-state index contributed by atoms with van der Waals surface area (Å²) in [5, 5.41) is 6.69. The molecule has 0 saturated heterocycles. The molecule has 130 valence electrons. The summed E-state index contributed by atoms with van der Waals surface area (Å²) in [6.07, 6.45) is 0.664. The maximum absolute atomic E-state index is 12.8. The number of hydrogen-bond donors (Lipinski definition) is 1. The minimum absolute atomic E-state index is 0.116. The Balaban J connectivity index is 1.70. The lowest BCUT2D eigenvalue weighted by molar-refractivity contribution is -0.121. The Bertz CT molecular complexity index is 655. The first-order valence-corrected chi connectivity index (χ1v) is 7.94. The van der Waals surface area contributed by atoms with Crippen LogP contribution >= 0.6 is 0 Å². The number of carbonyl (C=O) groups is 1. The number of rotatable bonds is 8. The molecule has 2 rings (SSSR count). The van der Waals surface area contributed by atoms with Crippen LogP contribution in [0.5, 0.6) is 5.75 Å². The lowest BCUT2D eigenvalue weighted by atomic mass is 10.2. The summed E-state index contributed by atoms with van der Waals surface area (Å²) >= 11 is 0. The van der Waals surface area contributed by atoms with Gasteiger partial charge in [-0.3, -0.25) is 4.79 Å². The molecule has 6 nitrogen and oxygen atoms in total. The number of aryl methyl sites for hydroxylation is 1. The molecule has 2 aromatic rings. The van der Waals surface area contributed by atoms with Crippen LogP contribution in [0.15, 0.2) is 28.8 Å². The van der Waals surface area contributed by atoms with Crippen LogP contribution in [0, 0.1) is 5.82 Å². The van der Waals surface area contributed by atoms with Gasteiger partial charge in [-0.15, -0.1) is 0 Å². The van der Waals surface area contributed by atoms with E-state index < -0.39 is 0 Å². The minimum atomic E-state index is -0.314. The molecule has 1 N–H and O–H groups in total. The molecule has 0 aliphatic carbocycles. The molecule has 1 aromatic carbocycles. The van der Waals surface area contributed by atoms with Crippen molar-refractivity contribution in [2.45, 2.75) is 45.6 Å². The van der Waals surface area contributed by atoms with Gasteiger partial charge < -0.3 is 14.6 Å². The Labute approximate surface area is 140 Å². The fourth-order valence-electron chi connectivity index (χ4n) is 1.97. The average Bonchev–Trinajstić information content (AvgIpc) is 3.02. The van der Waals surface area contributed by atoms with Crippen LogP contribution in [0.2, 0.25) is 0 Å². The number of nitrogens with one attached hydrogen (secondary N) is 1. The number of halogens is 1. The van der Waals surface area contributed by atoms with Crippen molar-refractivity contribution in [1.29, 1.82) is 0 Å². The molecule has 24 heavy (non-hydrogen) atoms. The first-order valence-electron chi connectivity index (χ1n) is 7.94. The van der Waals surface area contributed by atoms with Gasteiger partial charge >= 0.3 is 0 Å². The summed E-state index contributed by atoms with van der Waals surface area (Å²) in [7, 11) is 0. The normalized spacial score (nSPS) is 12.2. The van der Waals surface area contributed by atoms with Crippen molar-refractivity contribution in [3.63, 3.8) is 0 Å². The maximum Gasteiger partial charge on any atom is 0.227 e. The number of amides is 1. The molecule has 0 aliphatic heterocycles. The number of nitrogens with zero attached hydrogens (tertiary/aromatic N) is 2. The molecule has 0 saturated carbocycles. The monoisotopic (exact) mass is 335 g/mol. The van der Waals surface area contributed by atoms with Gasteiger partial charge in [-0.05, 0) is 31.2 Å². The molecule has 0 fully saturated rings. The summed E-state index contributed by atoms with van der Waals surface area (Å²) in [6.45, 7) is 6.09. The summed E-state index contributed by atoms with van der Waals surface area (Å²) in [6, 6.07) is 5.58. The molecule has 1 heterocycles. The van der Waals surface area contributed by atoms with Crippen molar-refractivity contribution in [2.24, 2.45) is 0 Å². The van der Waals surface area contributed by atoms with E-state index in [1.165, 1.54) is 12.1 Å². The second-order valence-electron chi connectivity index (χ2n) is 5.93. The van der Waals surface area contributed by atoms with Crippen LogP contribution in [0.4, 0.5) is 4.39 Å². The molecule has 0 bridgehead atoms. The van der Waals surface area contributed by atoms with Crippen LogP contribution in [0.1, 0.15) is 44.8 Å². The predicted octanol–water partition coefficient (Wildman–Crippen LogP) is 2.85. The number of carbonyl (C=O) groups excluding carboxylic acids is 1. The van der Waals surface area contributed by atoms with Gasteiger partial charge in [0.25, 0.3) is 0 Å². The highest BCUT2D eigenvalue weighted by molar-refractivity contribution is 5.76. The van der Waals surface area contributed by atoms with E-state index in [0.29, 0.717) is 30.5 Å². The molecule has 7 heteroatoms. The Hall–Kier alpha value is -2.44. The lowest BCUT2D eigenvalue weighted by Crippen LogP contribution is -2.36. The number of benzene rings is 1. The van der Waals surface area contributed by atoms with Crippen molar-refractivity contribution in [3.05, 3.63) is 41.8 Å². The van der Waals surface area contributed by atoms with E-state index in [0.717, 1.165) is 0 Å². The third-order valence-corrected chi connectivity index (χ3v) is 3.29. The molecule has 1 amide bonds. The zero-order valence-corrected chi connectivity index (χ0v) is 14.1. The second-order valence-corrected chi connectivity index (χ2v) is 5.93. The van der Waals surface area contributed by atoms with Gasteiger partial charge in [-0.1, -0.05) is 19.0 Å². The van der Waals surface area contributed by atoms with Gasteiger partial charge in [-0.25, -0.2) is 4.39 Å². The van der Waals surface area contributed by atoms with Crippen molar-refractivity contribution in [2.75, 3.05) is 6.61 Å². The number of hydrogen-bond acceptors (Lipinski definition) is 5. The standard InChI is InChI=1S/C17H22FN3O3/c1-11(2)17-20-16(24-21-17)9-8-15(22)19-12(3)10-23-14-6-4-13(18)5-7-14/h4-7,11-12H,8-10H2,1-3H3,(H,19,22). The van der Waals surface area contributed by atoms with Crippen molar-refractivity contribution >= 4 is 5.91 Å². The largest absolute Gasteiger partial charge is 0.491 e. The quantitative estimate of drug-likeness (QED) is 0.802. The van der Waals surface area contributed by atoms with Gasteiger partial charge in [0.15, 0.2) is 5.82 Å². The summed E-state index contributed by atoms with van der Waals surface area (Å²) < 4.78 is 23.4. The van der Waals surface area contributed by atoms with Crippen molar-refractivity contribution in [1.82, 2.24) is 15.5 Å². The van der Waals surface area contributed by atoms with Crippen LogP contribution in [0.25, 0.3) is 0 Å². The van der Waals surface area contributed by atoms with E-state index in [9.17, 15) is 9.18 Å². The van der Waals surface area contributed by atoms with Crippen molar-refractivity contribution < 1.29 is 18.4 Å². The average molecular weight is 335 g/mol. The molecule has 1 unspecified atom stereocenters. The second kappa shape index (κ2) is 8.42. The van der Waals surface area contributed by atoms with Crippen LogP contribution in [0.3, 0.4) is 0 Å². The Morgan fingerprint density at radius 3 is 2.62 bits per heavy atom. The van der Waals surface area contributed by atoms with Crippen LogP contribution in [-0.2, 0) is 11.2 Å². The number of aromatic nitrogens is 2. The fraction of sp³-hybridized carbons (Fsp3) is 0.471. The van der Waals surface area contributed by atoms with Gasteiger partial charge in [0.1, 0.15) is 18.2 Å². The van der Waals surface area contributed by atoms with E-state index in [2.05, 4.69) is 15.5 Å². The van der Waals surface area contributed by atoms with Gasteiger partial charge in [0, 0.05) is 18.8 Å². The topological polar surface area (TPSA) is 77.2 Å². The summed E-state index contributed by atoms with van der Waals surface area (Å²) in [5.41, 5.74) is 0. The predicted molar refractivity (Wildman–Crippen MR) is 86.2 cm³/mol. The number of ether oxygens (including phenoxy) is 1. The van der Waals surface area contributed by atoms with Crippen molar-refractivity contribution in [3.8, 4) is 5.75 Å². The Morgan fingerprint density at radius 1 is 1.29 bits per heavy atom. The molecular weight excluding hydrogens is 313 g/mol. The van der Waals surface area contributed by atoms with Crippen LogP contribution < -0.4 is 10.1 Å². The van der Waals surface area contributed by atoms with E-state index in [1.807, 2.05) is 20.8 Å². The van der Waals surface area contributed by atoms with Crippen LogP contribution in [-0.4, -0.2) is 28.7 Å². The smallest absolute Gasteiger partial charge is 0.227 e. The van der Waals surface area contributed by atoms with E-state index in [1.54, 1.807) is 12.1 Å². The maximum atomic E-state index is 12.8. The van der Waals surface area contributed by atoms with Gasteiger partial charge in [0.2, 0.25) is 11.8 Å². The molecule has 0 aliphatic rings. The lowest BCUT2D eigenvalue weighted by Gasteiger charge is -2.14. The molecule has 0 spiro atoms. The van der Waals surface area contributed by atoms with E-state index in [4.69, 9.17) is 9.26 Å². The first kappa shape index (κ1) is 17.9. The molecule has 1 aromatic heterocycles. The Kier molecular flexibility index (Phi) is 6.28. The SMILES string of the molecule is CC(COc1ccc(F)cc1)NC(=O)CCc1nc(C(C)C)no1. The highest BCUT2D eigenvalue weighted by Crippen LogP contribution is 2.12. The molecule has 1 atom stereocenters. The van der Waals surface area contributed by atoms with E-state index >= 15 is 0 Å². The summed E-state index contributed by atoms with van der Waals surface area (Å²) in [5.74, 6) is 1.43.